The third-order valence-electron chi connectivity index (χ3n) is 3.07. The van der Waals surface area contributed by atoms with Crippen molar-refractivity contribution in [2.24, 2.45) is 0 Å². The third kappa shape index (κ3) is 2.80. The molecule has 2 aromatic carbocycles. The van der Waals surface area contributed by atoms with Crippen molar-refractivity contribution in [1.29, 1.82) is 0 Å². The highest BCUT2D eigenvalue weighted by Gasteiger charge is 2.14. The quantitative estimate of drug-likeness (QED) is 0.758. The molecule has 0 aliphatic heterocycles. The van der Waals surface area contributed by atoms with Crippen LogP contribution in [-0.4, -0.2) is 21.4 Å². The van der Waals surface area contributed by atoms with Crippen LogP contribution in [0.2, 0.25) is 0 Å². The largest absolute Gasteiger partial charge is 0.503 e. The summed E-state index contributed by atoms with van der Waals surface area (Å²) >= 11 is 0. The van der Waals surface area contributed by atoms with Gasteiger partial charge in [-0.25, -0.2) is 4.79 Å². The zero-order valence-corrected chi connectivity index (χ0v) is 11.8. The number of carbonyl (C=O) groups excluding carboxylic acids is 1. The highest BCUT2D eigenvalue weighted by atomic mass is 16.6. The van der Waals surface area contributed by atoms with Crippen LogP contribution in [-0.2, 0) is 0 Å². The number of aromatic nitrogens is 2. The van der Waals surface area contributed by atoms with Crippen LogP contribution in [0.15, 0.2) is 48.5 Å². The minimum absolute atomic E-state index is 0.211. The summed E-state index contributed by atoms with van der Waals surface area (Å²) in [6.45, 7) is 1.89. The van der Waals surface area contributed by atoms with Gasteiger partial charge in [-0.15, -0.1) is 10.2 Å². The Morgan fingerprint density at radius 2 is 1.91 bits per heavy atom. The Kier molecular flexibility index (Phi) is 3.57. The smallest absolute Gasteiger partial charge is 0.418 e. The van der Waals surface area contributed by atoms with Gasteiger partial charge in [-0.2, -0.15) is 0 Å². The van der Waals surface area contributed by atoms with Crippen LogP contribution in [0.3, 0.4) is 0 Å². The van der Waals surface area contributed by atoms with Crippen molar-refractivity contribution in [3.05, 3.63) is 54.1 Å². The van der Waals surface area contributed by atoms with Gasteiger partial charge >= 0.3 is 6.09 Å². The van der Waals surface area contributed by atoms with E-state index in [9.17, 15) is 9.90 Å². The van der Waals surface area contributed by atoms with E-state index in [2.05, 4.69) is 15.5 Å². The van der Waals surface area contributed by atoms with E-state index in [0.29, 0.717) is 16.6 Å². The molecule has 1 heterocycles. The highest BCUT2D eigenvalue weighted by Crippen LogP contribution is 2.31. The van der Waals surface area contributed by atoms with E-state index in [1.165, 1.54) is 0 Å². The van der Waals surface area contributed by atoms with Gasteiger partial charge in [-0.3, -0.25) is 5.32 Å². The van der Waals surface area contributed by atoms with Crippen LogP contribution < -0.4 is 10.1 Å². The average Bonchev–Trinajstić information content (AvgIpc) is 2.51. The number of amides is 1. The van der Waals surface area contributed by atoms with Gasteiger partial charge in [-0.05, 0) is 31.2 Å². The molecule has 6 nitrogen and oxygen atoms in total. The molecule has 0 unspecified atom stereocenters. The van der Waals surface area contributed by atoms with Gasteiger partial charge in [0.15, 0.2) is 5.75 Å². The molecular weight excluding hydrogens is 282 g/mol. The third-order valence-corrected chi connectivity index (χ3v) is 3.07. The molecule has 0 aliphatic carbocycles. The maximum Gasteiger partial charge on any atom is 0.418 e. The lowest BCUT2D eigenvalue weighted by Crippen LogP contribution is -2.17. The van der Waals surface area contributed by atoms with Crippen molar-refractivity contribution in [2.45, 2.75) is 6.92 Å². The molecule has 0 spiro atoms. The molecule has 0 bridgehead atoms. The van der Waals surface area contributed by atoms with Crippen LogP contribution in [0.4, 0.5) is 10.5 Å². The van der Waals surface area contributed by atoms with E-state index in [4.69, 9.17) is 4.74 Å². The lowest BCUT2D eigenvalue weighted by Gasteiger charge is -2.08. The number of hydrogen-bond donors (Lipinski definition) is 2. The number of nitrogens with zero attached hydrogens (tertiary/aromatic N) is 2. The first kappa shape index (κ1) is 13.8. The van der Waals surface area contributed by atoms with E-state index in [0.717, 1.165) is 5.56 Å². The number of nitrogens with one attached hydrogen (secondary N) is 1. The van der Waals surface area contributed by atoms with E-state index in [1.807, 2.05) is 19.1 Å². The fraction of sp³-hybridized carbons (Fsp3) is 0.0625. The van der Waals surface area contributed by atoms with Crippen LogP contribution in [0.1, 0.15) is 5.56 Å². The average molecular weight is 295 g/mol. The van der Waals surface area contributed by atoms with Gasteiger partial charge in [0.2, 0.25) is 0 Å². The second kappa shape index (κ2) is 5.69. The summed E-state index contributed by atoms with van der Waals surface area (Å²) in [7, 11) is 0. The second-order valence-corrected chi connectivity index (χ2v) is 4.75. The fourth-order valence-electron chi connectivity index (χ4n) is 2.01. The number of rotatable bonds is 2. The molecule has 1 amide bonds. The monoisotopic (exact) mass is 295 g/mol. The summed E-state index contributed by atoms with van der Waals surface area (Å²) < 4.78 is 5.02. The van der Waals surface area contributed by atoms with E-state index < -0.39 is 6.09 Å². The van der Waals surface area contributed by atoms with Crippen LogP contribution in [0.25, 0.3) is 10.9 Å². The highest BCUT2D eigenvalue weighted by molar-refractivity contribution is 5.90. The van der Waals surface area contributed by atoms with Crippen molar-refractivity contribution < 1.29 is 14.6 Å². The molecule has 0 atom stereocenters. The van der Waals surface area contributed by atoms with E-state index in [-0.39, 0.29) is 11.6 Å². The molecule has 110 valence electrons. The summed E-state index contributed by atoms with van der Waals surface area (Å²) in [5, 5.41) is 20.9. The van der Waals surface area contributed by atoms with Crippen molar-refractivity contribution in [3.8, 4) is 11.6 Å². The summed E-state index contributed by atoms with van der Waals surface area (Å²) in [6, 6.07) is 14.2. The molecule has 1 aromatic heterocycles. The zero-order chi connectivity index (χ0) is 15.5. The molecule has 22 heavy (non-hydrogen) atoms. The van der Waals surface area contributed by atoms with Crippen molar-refractivity contribution in [2.75, 3.05) is 5.32 Å². The molecule has 3 rings (SSSR count). The van der Waals surface area contributed by atoms with Crippen molar-refractivity contribution in [3.63, 3.8) is 0 Å². The first-order chi connectivity index (χ1) is 10.6. The number of aromatic hydroxyl groups is 1. The number of ether oxygens (including phenoxy) is 1. The number of anilines is 1. The number of aryl methyl sites for hydroxylation is 1. The zero-order valence-electron chi connectivity index (χ0n) is 11.8. The lowest BCUT2D eigenvalue weighted by molar-refractivity contribution is 0.210. The van der Waals surface area contributed by atoms with Gasteiger partial charge in [0.25, 0.3) is 5.88 Å². The first-order valence-electron chi connectivity index (χ1n) is 6.63. The summed E-state index contributed by atoms with van der Waals surface area (Å²) in [4.78, 5) is 11.8. The molecule has 0 saturated carbocycles. The maximum absolute atomic E-state index is 11.8. The minimum atomic E-state index is -0.747. The van der Waals surface area contributed by atoms with E-state index >= 15 is 0 Å². The molecule has 0 saturated heterocycles. The van der Waals surface area contributed by atoms with Crippen LogP contribution >= 0.6 is 0 Å². The molecule has 0 aliphatic rings. The number of benzene rings is 2. The Morgan fingerprint density at radius 3 is 2.68 bits per heavy atom. The molecule has 2 N–H and O–H groups in total. The number of para-hydroxylation sites is 1. The molecule has 0 fully saturated rings. The minimum Gasteiger partial charge on any atom is -0.503 e. The van der Waals surface area contributed by atoms with Crippen molar-refractivity contribution in [1.82, 2.24) is 10.2 Å². The molecule has 0 radical (unpaired) electrons. The normalized spacial score (nSPS) is 10.4. The van der Waals surface area contributed by atoms with Crippen LogP contribution in [0, 0.1) is 6.92 Å². The standard InChI is InChI=1S/C16H13N3O3/c1-10-7-8-13-12(9-10)14(20)15(19-18-13)22-16(21)17-11-5-3-2-4-6-11/h2-9H,1H3,(H,17,21)(H,18,20). The summed E-state index contributed by atoms with van der Waals surface area (Å²) in [6.07, 6.45) is -0.747. The Bertz CT molecular complexity index is 835. The Balaban J connectivity index is 1.84. The van der Waals surface area contributed by atoms with Gasteiger partial charge in [-0.1, -0.05) is 29.8 Å². The number of carbonyl (C=O) groups is 1. The number of hydrogen-bond acceptors (Lipinski definition) is 5. The molecule has 6 heteroatoms. The molecule has 3 aromatic rings. The Morgan fingerprint density at radius 1 is 1.14 bits per heavy atom. The van der Waals surface area contributed by atoms with E-state index in [1.54, 1.807) is 36.4 Å². The number of fused-ring (bicyclic) bond motifs is 1. The first-order valence-corrected chi connectivity index (χ1v) is 6.63. The predicted molar refractivity (Wildman–Crippen MR) is 82.0 cm³/mol. The summed E-state index contributed by atoms with van der Waals surface area (Å²) in [5.41, 5.74) is 2.06. The van der Waals surface area contributed by atoms with Gasteiger partial charge < -0.3 is 9.84 Å². The van der Waals surface area contributed by atoms with Crippen molar-refractivity contribution >= 4 is 22.7 Å². The SMILES string of the molecule is Cc1ccc2nnc(OC(=O)Nc3ccccc3)c(O)c2c1. The summed E-state index contributed by atoms with van der Waals surface area (Å²) in [5.74, 6) is -0.441. The van der Waals surface area contributed by atoms with Crippen LogP contribution in [0.5, 0.6) is 11.6 Å². The fourth-order valence-corrected chi connectivity index (χ4v) is 2.01. The molecular formula is C16H13N3O3. The lowest BCUT2D eigenvalue weighted by atomic mass is 10.1. The van der Waals surface area contributed by atoms with Gasteiger partial charge in [0, 0.05) is 11.1 Å². The Labute approximate surface area is 126 Å². The van der Waals surface area contributed by atoms with Gasteiger partial charge in [0.1, 0.15) is 0 Å². The van der Waals surface area contributed by atoms with Gasteiger partial charge in [0.05, 0.1) is 5.52 Å². The Hall–Kier alpha value is -3.15. The predicted octanol–water partition coefficient (Wildman–Crippen LogP) is 3.25. The maximum atomic E-state index is 11.8. The second-order valence-electron chi connectivity index (χ2n) is 4.75. The topological polar surface area (TPSA) is 84.3 Å².